The summed E-state index contributed by atoms with van der Waals surface area (Å²) in [6.07, 6.45) is -3.65. The van der Waals surface area contributed by atoms with Crippen LogP contribution in [0.25, 0.3) is 0 Å². The Hall–Kier alpha value is -2.41. The number of carbonyl (C=O) groups is 1. The number of nitrogens with zero attached hydrogens (tertiary/aromatic N) is 1. The van der Waals surface area contributed by atoms with Crippen molar-refractivity contribution in [1.82, 2.24) is 4.98 Å². The van der Waals surface area contributed by atoms with Crippen LogP contribution in [0.15, 0.2) is 48.7 Å². The molecule has 2 N–H and O–H groups in total. The molecule has 0 bridgehead atoms. The van der Waals surface area contributed by atoms with E-state index in [-0.39, 0.29) is 0 Å². The summed E-state index contributed by atoms with van der Waals surface area (Å²) in [6, 6.07) is 9.39. The molecule has 2 heterocycles. The van der Waals surface area contributed by atoms with E-state index < -0.39 is 29.4 Å². The van der Waals surface area contributed by atoms with Crippen LogP contribution in [0, 0.1) is 0 Å². The second-order valence-electron chi connectivity index (χ2n) is 4.93. The van der Waals surface area contributed by atoms with Crippen LogP contribution < -0.4 is 5.73 Å². The van der Waals surface area contributed by atoms with Gasteiger partial charge in [-0.25, -0.2) is 0 Å². The molecule has 114 valence electrons. The Balaban J connectivity index is 1.93. The minimum Gasteiger partial charge on any atom is -0.367 e. The molecule has 4 nitrogen and oxygen atoms in total. The lowest BCUT2D eigenvalue weighted by Gasteiger charge is -2.09. The van der Waals surface area contributed by atoms with Crippen LogP contribution in [0.3, 0.4) is 0 Å². The number of aromatic nitrogens is 1. The van der Waals surface area contributed by atoms with Gasteiger partial charge in [0.25, 0.3) is 5.91 Å². The Morgan fingerprint density at radius 1 is 1.18 bits per heavy atom. The van der Waals surface area contributed by atoms with Crippen LogP contribution in [0.1, 0.15) is 22.9 Å². The van der Waals surface area contributed by atoms with Crippen LogP contribution in [-0.4, -0.2) is 10.9 Å². The van der Waals surface area contributed by atoms with Crippen LogP contribution in [0.5, 0.6) is 0 Å². The number of pyridine rings is 1. The van der Waals surface area contributed by atoms with Gasteiger partial charge in [-0.2, -0.15) is 13.2 Å². The van der Waals surface area contributed by atoms with E-state index in [0.717, 1.165) is 12.1 Å². The molecule has 1 saturated heterocycles. The minimum atomic E-state index is -4.41. The van der Waals surface area contributed by atoms with Gasteiger partial charge in [0.15, 0.2) is 0 Å². The molecular weight excluding hydrogens is 297 g/mol. The average molecular weight is 308 g/mol. The zero-order chi connectivity index (χ0) is 16.0. The molecule has 1 aliphatic rings. The van der Waals surface area contributed by atoms with Gasteiger partial charge in [-0.05, 0) is 29.8 Å². The van der Waals surface area contributed by atoms with Gasteiger partial charge >= 0.3 is 6.18 Å². The molecule has 1 amide bonds. The number of nitrogens with two attached hydrogens (primary N) is 1. The number of rotatable bonds is 3. The first-order valence-electron chi connectivity index (χ1n) is 6.42. The van der Waals surface area contributed by atoms with E-state index >= 15 is 0 Å². The number of carbonyl (C=O) groups excluding carboxylic acids is 1. The lowest BCUT2D eigenvalue weighted by molar-refractivity contribution is -0.137. The number of hydrogen-bond acceptors (Lipinski definition) is 3. The van der Waals surface area contributed by atoms with E-state index in [1.54, 1.807) is 18.2 Å². The highest BCUT2D eigenvalue weighted by atomic mass is 19.4. The standard InChI is InChI=1S/C15H11F3N2O2/c16-15(17,18)10-6-4-9(5-7-10)12-14(22-12,13(19)21)11-3-1-2-8-20-11/h1-8,12H,(H2,19,21)/t12-,14+/m0/s1. The van der Waals surface area contributed by atoms with Crippen LogP contribution in [0.2, 0.25) is 0 Å². The highest BCUT2D eigenvalue weighted by Crippen LogP contribution is 2.56. The molecule has 0 radical (unpaired) electrons. The lowest BCUT2D eigenvalue weighted by atomic mass is 9.94. The fraction of sp³-hybridized carbons (Fsp3) is 0.200. The minimum absolute atomic E-state index is 0.340. The molecule has 1 aromatic heterocycles. The van der Waals surface area contributed by atoms with E-state index in [9.17, 15) is 18.0 Å². The lowest BCUT2D eigenvalue weighted by Crippen LogP contribution is -2.31. The first-order valence-corrected chi connectivity index (χ1v) is 6.42. The van der Waals surface area contributed by atoms with Gasteiger partial charge in [0.05, 0.1) is 11.3 Å². The maximum Gasteiger partial charge on any atom is 0.416 e. The molecule has 1 aromatic carbocycles. The Morgan fingerprint density at radius 2 is 1.86 bits per heavy atom. The Morgan fingerprint density at radius 3 is 2.36 bits per heavy atom. The molecule has 0 spiro atoms. The number of hydrogen-bond donors (Lipinski definition) is 1. The van der Waals surface area contributed by atoms with Gasteiger partial charge in [-0.1, -0.05) is 18.2 Å². The molecule has 0 unspecified atom stereocenters. The topological polar surface area (TPSA) is 68.5 Å². The summed E-state index contributed by atoms with van der Waals surface area (Å²) in [5.74, 6) is -0.726. The Labute approximate surface area is 123 Å². The summed E-state index contributed by atoms with van der Waals surface area (Å²) in [5, 5.41) is 0. The number of ether oxygens (including phenoxy) is 1. The SMILES string of the molecule is NC(=O)[C@]1(c2ccccn2)O[C@H]1c1ccc(C(F)(F)F)cc1. The number of epoxide rings is 1. The van der Waals surface area contributed by atoms with E-state index in [1.165, 1.54) is 18.3 Å². The second kappa shape index (κ2) is 4.81. The third-order valence-corrected chi connectivity index (χ3v) is 3.57. The van der Waals surface area contributed by atoms with Gasteiger partial charge in [-0.3, -0.25) is 9.78 Å². The summed E-state index contributed by atoms with van der Waals surface area (Å²) in [7, 11) is 0. The summed E-state index contributed by atoms with van der Waals surface area (Å²) < 4.78 is 43.1. The summed E-state index contributed by atoms with van der Waals surface area (Å²) >= 11 is 0. The van der Waals surface area contributed by atoms with Crippen molar-refractivity contribution in [3.8, 4) is 0 Å². The van der Waals surface area contributed by atoms with Gasteiger partial charge in [-0.15, -0.1) is 0 Å². The zero-order valence-electron chi connectivity index (χ0n) is 11.2. The van der Waals surface area contributed by atoms with E-state index in [0.29, 0.717) is 11.3 Å². The summed E-state index contributed by atoms with van der Waals surface area (Å²) in [5.41, 5.74) is 4.01. The molecule has 2 atom stereocenters. The normalized spacial score (nSPS) is 24.0. The van der Waals surface area contributed by atoms with Crippen LogP contribution in [-0.2, 0) is 21.3 Å². The molecular formula is C15H11F3N2O2. The smallest absolute Gasteiger partial charge is 0.367 e. The molecule has 0 aliphatic carbocycles. The third kappa shape index (κ3) is 2.23. The third-order valence-electron chi connectivity index (χ3n) is 3.57. The Kier molecular flexibility index (Phi) is 3.17. The van der Waals surface area contributed by atoms with Crippen molar-refractivity contribution in [3.63, 3.8) is 0 Å². The first-order chi connectivity index (χ1) is 10.4. The van der Waals surface area contributed by atoms with Gasteiger partial charge < -0.3 is 10.5 Å². The van der Waals surface area contributed by atoms with Crippen molar-refractivity contribution in [2.45, 2.75) is 17.9 Å². The first kappa shape index (κ1) is 14.5. The number of primary amides is 1. The fourth-order valence-electron chi connectivity index (χ4n) is 2.39. The van der Waals surface area contributed by atoms with Crippen LogP contribution >= 0.6 is 0 Å². The van der Waals surface area contributed by atoms with Crippen molar-refractivity contribution in [2.75, 3.05) is 0 Å². The quantitative estimate of drug-likeness (QED) is 0.886. The van der Waals surface area contributed by atoms with E-state index in [1.807, 2.05) is 0 Å². The number of halogens is 3. The van der Waals surface area contributed by atoms with E-state index in [2.05, 4.69) is 4.98 Å². The van der Waals surface area contributed by atoms with Crippen molar-refractivity contribution in [3.05, 3.63) is 65.5 Å². The second-order valence-corrected chi connectivity index (χ2v) is 4.93. The number of alkyl halides is 3. The number of amides is 1. The van der Waals surface area contributed by atoms with E-state index in [4.69, 9.17) is 10.5 Å². The Bertz CT molecular complexity index is 701. The summed E-state index contributed by atoms with van der Waals surface area (Å²) in [6.45, 7) is 0. The average Bonchev–Trinajstić information content (AvgIpc) is 3.24. The van der Waals surface area contributed by atoms with Crippen LogP contribution in [0.4, 0.5) is 13.2 Å². The maximum atomic E-state index is 12.6. The molecule has 22 heavy (non-hydrogen) atoms. The van der Waals surface area contributed by atoms with Crippen molar-refractivity contribution in [1.29, 1.82) is 0 Å². The molecule has 7 heteroatoms. The molecule has 1 fully saturated rings. The largest absolute Gasteiger partial charge is 0.416 e. The highest BCUT2D eigenvalue weighted by molar-refractivity contribution is 5.88. The predicted octanol–water partition coefficient (Wildman–Crippen LogP) is 2.55. The van der Waals surface area contributed by atoms with Gasteiger partial charge in [0.2, 0.25) is 5.60 Å². The van der Waals surface area contributed by atoms with Gasteiger partial charge in [0.1, 0.15) is 6.10 Å². The monoisotopic (exact) mass is 308 g/mol. The molecule has 0 saturated carbocycles. The van der Waals surface area contributed by atoms with Crippen molar-refractivity contribution in [2.24, 2.45) is 5.73 Å². The molecule has 3 rings (SSSR count). The number of benzene rings is 1. The molecule has 2 aromatic rings. The van der Waals surface area contributed by atoms with Crippen molar-refractivity contribution >= 4 is 5.91 Å². The van der Waals surface area contributed by atoms with Gasteiger partial charge in [0, 0.05) is 6.20 Å². The highest BCUT2D eigenvalue weighted by Gasteiger charge is 2.64. The summed E-state index contributed by atoms with van der Waals surface area (Å²) in [4.78, 5) is 15.8. The van der Waals surface area contributed by atoms with Crippen molar-refractivity contribution < 1.29 is 22.7 Å². The fourth-order valence-corrected chi connectivity index (χ4v) is 2.39. The maximum absolute atomic E-state index is 12.6. The zero-order valence-corrected chi connectivity index (χ0v) is 11.2. The predicted molar refractivity (Wildman–Crippen MR) is 70.4 cm³/mol. The molecule has 1 aliphatic heterocycles.